The minimum absolute atomic E-state index is 0.0837. The first-order chi connectivity index (χ1) is 12.0. The summed E-state index contributed by atoms with van der Waals surface area (Å²) >= 11 is 13.2. The standard InChI is InChI=1S/C17H15Cl2N3O2S/c1-10-6-11(8-24-2)12(7-20)17(21-10)25-9-15(23)22-14-5-3-4-13(18)16(14)19/h3-6H,8-9H2,1-2H3,(H,22,23). The molecule has 2 rings (SSSR count). The van der Waals surface area contributed by atoms with Crippen LogP contribution in [0.25, 0.3) is 0 Å². The second kappa shape index (κ2) is 9.07. The van der Waals surface area contributed by atoms with Gasteiger partial charge in [-0.3, -0.25) is 4.79 Å². The molecule has 0 aliphatic carbocycles. The van der Waals surface area contributed by atoms with Crippen LogP contribution in [0.5, 0.6) is 0 Å². The number of thioether (sulfide) groups is 1. The number of nitrogens with zero attached hydrogens (tertiary/aromatic N) is 2. The van der Waals surface area contributed by atoms with Crippen LogP contribution in [0, 0.1) is 18.3 Å². The first-order valence-electron chi connectivity index (χ1n) is 7.22. The molecule has 1 aromatic carbocycles. The third-order valence-corrected chi connectivity index (χ3v) is 4.97. The number of nitrogens with one attached hydrogen (secondary N) is 1. The molecular formula is C17H15Cl2N3O2S. The predicted molar refractivity (Wildman–Crippen MR) is 100 cm³/mol. The molecule has 0 aliphatic rings. The van der Waals surface area contributed by atoms with Crippen molar-refractivity contribution in [3.63, 3.8) is 0 Å². The zero-order valence-corrected chi connectivity index (χ0v) is 15.9. The number of carbonyl (C=O) groups excluding carboxylic acids is 1. The molecule has 1 amide bonds. The number of ether oxygens (including phenoxy) is 1. The number of pyridine rings is 1. The Bertz CT molecular complexity index is 837. The number of halogens is 2. The summed E-state index contributed by atoms with van der Waals surface area (Å²) in [5, 5.41) is 13.2. The van der Waals surface area contributed by atoms with Crippen molar-refractivity contribution in [2.24, 2.45) is 0 Å². The maximum Gasteiger partial charge on any atom is 0.234 e. The Morgan fingerprint density at radius 3 is 2.88 bits per heavy atom. The van der Waals surface area contributed by atoms with Gasteiger partial charge in [-0.2, -0.15) is 5.26 Å². The maximum atomic E-state index is 12.2. The molecule has 0 aliphatic heterocycles. The second-order valence-electron chi connectivity index (χ2n) is 5.09. The second-order valence-corrected chi connectivity index (χ2v) is 6.84. The largest absolute Gasteiger partial charge is 0.380 e. The van der Waals surface area contributed by atoms with Crippen molar-refractivity contribution in [3.05, 3.63) is 51.1 Å². The Hall–Kier alpha value is -1.78. The van der Waals surface area contributed by atoms with E-state index in [1.165, 1.54) is 11.8 Å². The molecule has 0 bridgehead atoms. The van der Waals surface area contributed by atoms with Crippen molar-refractivity contribution in [2.75, 3.05) is 18.2 Å². The van der Waals surface area contributed by atoms with Crippen molar-refractivity contribution in [2.45, 2.75) is 18.6 Å². The van der Waals surface area contributed by atoms with Gasteiger partial charge in [-0.15, -0.1) is 0 Å². The predicted octanol–water partition coefficient (Wildman–Crippen LogP) is 4.45. The third-order valence-electron chi connectivity index (χ3n) is 3.17. The third kappa shape index (κ3) is 5.10. The summed E-state index contributed by atoms with van der Waals surface area (Å²) in [6.45, 7) is 2.14. The summed E-state index contributed by atoms with van der Waals surface area (Å²) in [6.07, 6.45) is 0. The Balaban J connectivity index is 2.12. The molecule has 0 spiro atoms. The topological polar surface area (TPSA) is 75.0 Å². The minimum Gasteiger partial charge on any atom is -0.380 e. The summed E-state index contributed by atoms with van der Waals surface area (Å²) in [6, 6.07) is 8.94. The molecule has 2 aromatic rings. The normalized spacial score (nSPS) is 10.4. The highest BCUT2D eigenvalue weighted by Crippen LogP contribution is 2.30. The van der Waals surface area contributed by atoms with Gasteiger partial charge in [0.1, 0.15) is 11.1 Å². The molecule has 1 N–H and O–H groups in total. The summed E-state index contributed by atoms with van der Waals surface area (Å²) in [5.41, 5.74) is 2.37. The number of nitriles is 1. The lowest BCUT2D eigenvalue weighted by molar-refractivity contribution is -0.113. The van der Waals surface area contributed by atoms with E-state index >= 15 is 0 Å². The van der Waals surface area contributed by atoms with E-state index in [1.54, 1.807) is 31.4 Å². The molecule has 0 saturated heterocycles. The molecule has 1 heterocycles. The molecule has 0 unspecified atom stereocenters. The average molecular weight is 396 g/mol. The molecular weight excluding hydrogens is 381 g/mol. The molecule has 25 heavy (non-hydrogen) atoms. The molecule has 0 saturated carbocycles. The van der Waals surface area contributed by atoms with E-state index in [2.05, 4.69) is 16.4 Å². The van der Waals surface area contributed by atoms with Crippen molar-refractivity contribution in [1.82, 2.24) is 4.98 Å². The summed E-state index contributed by atoms with van der Waals surface area (Å²) in [4.78, 5) is 16.5. The van der Waals surface area contributed by atoms with Crippen molar-refractivity contribution in [3.8, 4) is 6.07 Å². The zero-order valence-electron chi connectivity index (χ0n) is 13.6. The average Bonchev–Trinajstić information content (AvgIpc) is 2.57. The van der Waals surface area contributed by atoms with E-state index in [-0.39, 0.29) is 16.7 Å². The van der Waals surface area contributed by atoms with Gasteiger partial charge in [0.25, 0.3) is 0 Å². The number of aryl methyl sites for hydroxylation is 1. The van der Waals surface area contributed by atoms with Crippen LogP contribution in [0.1, 0.15) is 16.8 Å². The molecule has 0 atom stereocenters. The van der Waals surface area contributed by atoms with Gasteiger partial charge < -0.3 is 10.1 Å². The number of hydrogen-bond donors (Lipinski definition) is 1. The Morgan fingerprint density at radius 2 is 2.20 bits per heavy atom. The maximum absolute atomic E-state index is 12.2. The molecule has 130 valence electrons. The highest BCUT2D eigenvalue weighted by Gasteiger charge is 2.14. The lowest BCUT2D eigenvalue weighted by Gasteiger charge is -2.10. The van der Waals surface area contributed by atoms with Crippen LogP contribution in [0.2, 0.25) is 10.0 Å². The fourth-order valence-corrected chi connectivity index (χ4v) is 3.34. The number of hydrogen-bond acceptors (Lipinski definition) is 5. The lowest BCUT2D eigenvalue weighted by Crippen LogP contribution is -2.15. The van der Waals surface area contributed by atoms with Crippen LogP contribution >= 0.6 is 35.0 Å². The smallest absolute Gasteiger partial charge is 0.234 e. The highest BCUT2D eigenvalue weighted by atomic mass is 35.5. The Kier molecular flexibility index (Phi) is 7.09. The van der Waals surface area contributed by atoms with Gasteiger partial charge in [0.05, 0.1) is 33.7 Å². The van der Waals surface area contributed by atoms with Crippen molar-refractivity contribution >= 4 is 46.6 Å². The van der Waals surface area contributed by atoms with E-state index in [1.807, 2.05) is 6.92 Å². The first kappa shape index (κ1) is 19.5. The van der Waals surface area contributed by atoms with Crippen LogP contribution in [0.3, 0.4) is 0 Å². The molecule has 5 nitrogen and oxygen atoms in total. The van der Waals surface area contributed by atoms with Gasteiger partial charge >= 0.3 is 0 Å². The molecule has 1 aromatic heterocycles. The SMILES string of the molecule is COCc1cc(C)nc(SCC(=O)Nc2cccc(Cl)c2Cl)c1C#N. The van der Waals surface area contributed by atoms with Crippen molar-refractivity contribution < 1.29 is 9.53 Å². The van der Waals surface area contributed by atoms with E-state index in [0.717, 1.165) is 11.3 Å². The fraction of sp³-hybridized carbons (Fsp3) is 0.235. The highest BCUT2D eigenvalue weighted by molar-refractivity contribution is 8.00. The Labute approximate surface area is 160 Å². The van der Waals surface area contributed by atoms with E-state index in [4.69, 9.17) is 27.9 Å². The van der Waals surface area contributed by atoms with Gasteiger partial charge in [0.2, 0.25) is 5.91 Å². The molecule has 0 fully saturated rings. The number of aromatic nitrogens is 1. The summed E-state index contributed by atoms with van der Waals surface area (Å²) in [5.74, 6) is -0.185. The Morgan fingerprint density at radius 1 is 1.44 bits per heavy atom. The number of carbonyl (C=O) groups is 1. The molecule has 0 radical (unpaired) electrons. The zero-order chi connectivity index (χ0) is 18.4. The van der Waals surface area contributed by atoms with Crippen LogP contribution in [0.4, 0.5) is 5.69 Å². The fourth-order valence-electron chi connectivity index (χ4n) is 2.12. The van der Waals surface area contributed by atoms with Crippen LogP contribution < -0.4 is 5.32 Å². The van der Waals surface area contributed by atoms with Gasteiger partial charge in [-0.1, -0.05) is 41.0 Å². The number of rotatable bonds is 6. The number of benzene rings is 1. The quantitative estimate of drug-likeness (QED) is 0.731. The van der Waals surface area contributed by atoms with E-state index in [9.17, 15) is 10.1 Å². The summed E-state index contributed by atoms with van der Waals surface area (Å²) in [7, 11) is 1.56. The van der Waals surface area contributed by atoms with E-state index in [0.29, 0.717) is 27.9 Å². The first-order valence-corrected chi connectivity index (χ1v) is 8.96. The van der Waals surface area contributed by atoms with Crippen LogP contribution in [-0.2, 0) is 16.1 Å². The summed E-state index contributed by atoms with van der Waals surface area (Å²) < 4.78 is 5.11. The van der Waals surface area contributed by atoms with Crippen LogP contribution in [0.15, 0.2) is 29.3 Å². The molecule has 8 heteroatoms. The van der Waals surface area contributed by atoms with Gasteiger partial charge in [0, 0.05) is 12.8 Å². The number of anilines is 1. The number of methoxy groups -OCH3 is 1. The minimum atomic E-state index is -0.269. The van der Waals surface area contributed by atoms with E-state index < -0.39 is 0 Å². The lowest BCUT2D eigenvalue weighted by atomic mass is 10.1. The monoisotopic (exact) mass is 395 g/mol. The number of amides is 1. The van der Waals surface area contributed by atoms with Gasteiger partial charge in [0.15, 0.2) is 0 Å². The van der Waals surface area contributed by atoms with Gasteiger partial charge in [-0.25, -0.2) is 4.98 Å². The van der Waals surface area contributed by atoms with Crippen molar-refractivity contribution in [1.29, 1.82) is 5.26 Å². The van der Waals surface area contributed by atoms with Gasteiger partial charge in [-0.05, 0) is 30.7 Å². The van der Waals surface area contributed by atoms with Crippen LogP contribution in [-0.4, -0.2) is 23.8 Å².